The molecule has 0 spiro atoms. The van der Waals surface area contributed by atoms with Crippen molar-refractivity contribution < 1.29 is 31.4 Å². The topological polar surface area (TPSA) is 75.6 Å². The van der Waals surface area contributed by atoms with Crippen LogP contribution in [0.1, 0.15) is 19.8 Å². The van der Waals surface area contributed by atoms with Crippen LogP contribution in [0.15, 0.2) is 29.2 Å². The molecule has 1 aromatic rings. The van der Waals surface area contributed by atoms with Crippen LogP contribution in [0.3, 0.4) is 0 Å². The summed E-state index contributed by atoms with van der Waals surface area (Å²) in [5, 5.41) is 9.04. The second-order valence-electron chi connectivity index (χ2n) is 4.41. The Hall–Kier alpha value is -1.32. The van der Waals surface area contributed by atoms with Crippen molar-refractivity contribution in [2.24, 2.45) is 0 Å². The van der Waals surface area contributed by atoms with Gasteiger partial charge < -0.3 is 9.84 Å². The van der Waals surface area contributed by atoms with Crippen molar-refractivity contribution in [3.8, 4) is 5.75 Å². The van der Waals surface area contributed by atoms with Crippen molar-refractivity contribution in [1.82, 2.24) is 4.72 Å². The summed E-state index contributed by atoms with van der Waals surface area (Å²) in [5.74, 6) is -0.490. The Balaban J connectivity index is 2.63. The highest BCUT2D eigenvalue weighted by Crippen LogP contribution is 2.23. The first-order chi connectivity index (χ1) is 9.60. The van der Waals surface area contributed by atoms with Crippen LogP contribution in [0.2, 0.25) is 0 Å². The lowest BCUT2D eigenvalue weighted by atomic mass is 10.2. The Labute approximate surface area is 120 Å². The molecule has 0 aromatic heterocycles. The van der Waals surface area contributed by atoms with E-state index in [-0.39, 0.29) is 11.4 Å². The van der Waals surface area contributed by atoms with E-state index in [4.69, 9.17) is 5.11 Å². The highest BCUT2D eigenvalue weighted by Gasteiger charge is 2.31. The zero-order valence-corrected chi connectivity index (χ0v) is 12.0. The quantitative estimate of drug-likeness (QED) is 0.751. The SMILES string of the molecule is CC(O)CCCNS(=O)(=O)c1ccc(OC(F)(F)F)cc1. The fourth-order valence-corrected chi connectivity index (χ4v) is 2.58. The van der Waals surface area contributed by atoms with E-state index in [0.717, 1.165) is 24.3 Å². The molecule has 1 atom stereocenters. The molecule has 0 saturated carbocycles. The zero-order chi connectivity index (χ0) is 16.1. The third-order valence-corrected chi connectivity index (χ3v) is 3.94. The number of aliphatic hydroxyl groups excluding tert-OH is 1. The normalized spacial score (nSPS) is 14.0. The molecule has 5 nitrogen and oxygen atoms in total. The van der Waals surface area contributed by atoms with Crippen LogP contribution in [0.25, 0.3) is 0 Å². The van der Waals surface area contributed by atoms with Gasteiger partial charge in [0.05, 0.1) is 11.0 Å². The molecule has 0 fully saturated rings. The van der Waals surface area contributed by atoms with Crippen molar-refractivity contribution in [3.05, 3.63) is 24.3 Å². The van der Waals surface area contributed by atoms with Crippen molar-refractivity contribution in [2.75, 3.05) is 6.54 Å². The number of hydrogen-bond donors (Lipinski definition) is 2. The molecule has 21 heavy (non-hydrogen) atoms. The van der Waals surface area contributed by atoms with Gasteiger partial charge in [-0.2, -0.15) is 0 Å². The summed E-state index contributed by atoms with van der Waals surface area (Å²) >= 11 is 0. The second-order valence-corrected chi connectivity index (χ2v) is 6.18. The number of alkyl halides is 3. The van der Waals surface area contributed by atoms with E-state index in [1.54, 1.807) is 6.92 Å². The summed E-state index contributed by atoms with van der Waals surface area (Å²) in [6.45, 7) is 1.72. The molecular formula is C12H16F3NO4S. The van der Waals surface area contributed by atoms with Gasteiger partial charge in [0, 0.05) is 6.54 Å². The van der Waals surface area contributed by atoms with Crippen molar-refractivity contribution in [2.45, 2.75) is 37.1 Å². The smallest absolute Gasteiger partial charge is 0.406 e. The predicted molar refractivity (Wildman–Crippen MR) is 69.2 cm³/mol. The molecule has 1 aromatic carbocycles. The minimum atomic E-state index is -4.82. The summed E-state index contributed by atoms with van der Waals surface area (Å²) < 4.78 is 65.5. The predicted octanol–water partition coefficient (Wildman–Crippen LogP) is 2.02. The molecule has 0 heterocycles. The highest BCUT2D eigenvalue weighted by molar-refractivity contribution is 7.89. The first kappa shape index (κ1) is 17.7. The maximum atomic E-state index is 12.0. The number of halogens is 3. The van der Waals surface area contributed by atoms with Gasteiger partial charge >= 0.3 is 6.36 Å². The number of nitrogens with one attached hydrogen (secondary N) is 1. The monoisotopic (exact) mass is 327 g/mol. The van der Waals surface area contributed by atoms with Crippen molar-refractivity contribution in [1.29, 1.82) is 0 Å². The lowest BCUT2D eigenvalue weighted by Gasteiger charge is -2.10. The molecule has 1 rings (SSSR count). The maximum absolute atomic E-state index is 12.0. The summed E-state index contributed by atoms with van der Waals surface area (Å²) in [6, 6.07) is 3.91. The van der Waals surface area contributed by atoms with Gasteiger partial charge in [0.1, 0.15) is 5.75 Å². The van der Waals surface area contributed by atoms with E-state index in [2.05, 4.69) is 9.46 Å². The maximum Gasteiger partial charge on any atom is 0.573 e. The molecule has 0 radical (unpaired) electrons. The molecule has 0 aliphatic heterocycles. The summed E-state index contributed by atoms with van der Waals surface area (Å²) in [5.41, 5.74) is 0. The number of benzene rings is 1. The van der Waals surface area contributed by atoms with E-state index in [0.29, 0.717) is 12.8 Å². The molecule has 0 amide bonds. The van der Waals surface area contributed by atoms with Crippen LogP contribution in [0, 0.1) is 0 Å². The van der Waals surface area contributed by atoms with Crippen LogP contribution in [0.5, 0.6) is 5.75 Å². The zero-order valence-electron chi connectivity index (χ0n) is 11.2. The summed E-state index contributed by atoms with van der Waals surface area (Å²) in [4.78, 5) is -0.158. The minimum absolute atomic E-state index is 0.133. The van der Waals surface area contributed by atoms with Crippen molar-refractivity contribution in [3.63, 3.8) is 0 Å². The van der Waals surface area contributed by atoms with Gasteiger partial charge in [-0.3, -0.25) is 0 Å². The fraction of sp³-hybridized carbons (Fsp3) is 0.500. The Morgan fingerprint density at radius 2 is 1.86 bits per heavy atom. The molecule has 9 heteroatoms. The van der Waals surface area contributed by atoms with Gasteiger partial charge in [0.15, 0.2) is 0 Å². The number of sulfonamides is 1. The summed E-state index contributed by atoms with van der Waals surface area (Å²) in [6.07, 6.45) is -4.44. The first-order valence-electron chi connectivity index (χ1n) is 6.14. The summed E-state index contributed by atoms with van der Waals surface area (Å²) in [7, 11) is -3.79. The van der Waals surface area contributed by atoms with Crippen LogP contribution in [0.4, 0.5) is 13.2 Å². The lowest BCUT2D eigenvalue weighted by Crippen LogP contribution is -2.25. The van der Waals surface area contributed by atoms with Gasteiger partial charge in [-0.05, 0) is 44.0 Å². The van der Waals surface area contributed by atoms with Gasteiger partial charge in [-0.1, -0.05) is 0 Å². The molecule has 0 aliphatic carbocycles. The molecule has 1 unspecified atom stereocenters. The third kappa shape index (κ3) is 6.78. The number of ether oxygens (including phenoxy) is 1. The Morgan fingerprint density at radius 1 is 1.29 bits per heavy atom. The molecule has 0 saturated heterocycles. The van der Waals surface area contributed by atoms with Crippen LogP contribution in [-0.2, 0) is 10.0 Å². The van der Waals surface area contributed by atoms with E-state index < -0.39 is 28.2 Å². The Kier molecular flexibility index (Phi) is 5.99. The Morgan fingerprint density at radius 3 is 2.33 bits per heavy atom. The number of aliphatic hydroxyl groups is 1. The highest BCUT2D eigenvalue weighted by atomic mass is 32.2. The minimum Gasteiger partial charge on any atom is -0.406 e. The lowest BCUT2D eigenvalue weighted by molar-refractivity contribution is -0.274. The average molecular weight is 327 g/mol. The van der Waals surface area contributed by atoms with Crippen LogP contribution >= 0.6 is 0 Å². The van der Waals surface area contributed by atoms with E-state index in [1.807, 2.05) is 0 Å². The van der Waals surface area contributed by atoms with Crippen LogP contribution in [-0.4, -0.2) is 32.5 Å². The third-order valence-electron chi connectivity index (χ3n) is 2.46. The first-order valence-corrected chi connectivity index (χ1v) is 7.62. The van der Waals surface area contributed by atoms with E-state index in [1.165, 1.54) is 0 Å². The van der Waals surface area contributed by atoms with Gasteiger partial charge in [-0.25, -0.2) is 13.1 Å². The van der Waals surface area contributed by atoms with E-state index in [9.17, 15) is 21.6 Å². The number of rotatable bonds is 7. The fourth-order valence-electron chi connectivity index (χ4n) is 1.51. The number of hydrogen-bond acceptors (Lipinski definition) is 4. The molecule has 120 valence electrons. The van der Waals surface area contributed by atoms with Crippen LogP contribution < -0.4 is 9.46 Å². The standard InChI is InChI=1S/C12H16F3NO4S/c1-9(17)3-2-8-16-21(18,19)11-6-4-10(5-7-11)20-12(13,14)15/h4-7,9,16-17H,2-3,8H2,1H3. The van der Waals surface area contributed by atoms with E-state index >= 15 is 0 Å². The van der Waals surface area contributed by atoms with Gasteiger partial charge in [0.2, 0.25) is 10.0 Å². The molecule has 2 N–H and O–H groups in total. The Bertz CT molecular complexity index is 541. The largest absolute Gasteiger partial charge is 0.573 e. The second kappa shape index (κ2) is 7.10. The average Bonchev–Trinajstić information content (AvgIpc) is 2.33. The molecule has 0 bridgehead atoms. The molecule has 0 aliphatic rings. The molecular weight excluding hydrogens is 311 g/mol. The van der Waals surface area contributed by atoms with Crippen molar-refractivity contribution >= 4 is 10.0 Å². The van der Waals surface area contributed by atoms with Gasteiger partial charge in [-0.15, -0.1) is 13.2 Å². The van der Waals surface area contributed by atoms with Gasteiger partial charge in [0.25, 0.3) is 0 Å².